The van der Waals surface area contributed by atoms with E-state index in [1.165, 1.54) is 6.08 Å². The first-order valence-corrected chi connectivity index (χ1v) is 10.7. The third-order valence-corrected chi connectivity index (χ3v) is 5.75. The number of rotatable bonds is 8. The highest BCUT2D eigenvalue weighted by atomic mass is 35.5. The van der Waals surface area contributed by atoms with E-state index in [0.29, 0.717) is 11.6 Å². The average Bonchev–Trinajstić information content (AvgIpc) is 3.21. The second-order valence-corrected chi connectivity index (χ2v) is 8.12. The molecule has 1 fully saturated rings. The Hall–Kier alpha value is -2.19. The number of nitrogens with one attached hydrogen (secondary N) is 2. The summed E-state index contributed by atoms with van der Waals surface area (Å²) in [5.74, 6) is -0.495. The molecule has 154 valence electrons. The van der Waals surface area contributed by atoms with Crippen LogP contribution in [0.3, 0.4) is 0 Å². The summed E-state index contributed by atoms with van der Waals surface area (Å²) in [6, 6.07) is 11.6. The number of carbonyl (C=O) groups excluding carboxylic acids is 2. The van der Waals surface area contributed by atoms with E-state index in [2.05, 4.69) is 15.5 Å². The first-order chi connectivity index (χ1) is 14.1. The zero-order chi connectivity index (χ0) is 20.5. The van der Waals surface area contributed by atoms with Gasteiger partial charge in [0.05, 0.1) is 19.8 Å². The first kappa shape index (κ1) is 21.5. The van der Waals surface area contributed by atoms with Crippen LogP contribution in [0.15, 0.2) is 42.5 Å². The summed E-state index contributed by atoms with van der Waals surface area (Å²) >= 11 is 7.60. The standard InChI is InChI=1S/C21H24ClN3O3S/c22-17-3-1-2-16(14-17)19-6-4-18(29-19)5-7-20(26)24-15-21(27)23-8-9-25-10-12-28-13-11-25/h1-7,14H,8-13,15H2,(H,23,27)(H,24,26). The van der Waals surface area contributed by atoms with Gasteiger partial charge < -0.3 is 15.4 Å². The number of nitrogens with zero attached hydrogens (tertiary/aromatic N) is 1. The van der Waals surface area contributed by atoms with Crippen molar-refractivity contribution in [3.8, 4) is 10.4 Å². The van der Waals surface area contributed by atoms with Gasteiger partial charge in [-0.1, -0.05) is 23.7 Å². The second kappa shape index (κ2) is 11.1. The molecule has 3 rings (SSSR count). The number of amides is 2. The van der Waals surface area contributed by atoms with Crippen molar-refractivity contribution in [3.05, 3.63) is 52.4 Å². The molecule has 6 nitrogen and oxygen atoms in total. The highest BCUT2D eigenvalue weighted by molar-refractivity contribution is 7.16. The molecule has 1 aromatic carbocycles. The van der Waals surface area contributed by atoms with E-state index >= 15 is 0 Å². The van der Waals surface area contributed by atoms with Gasteiger partial charge >= 0.3 is 0 Å². The summed E-state index contributed by atoms with van der Waals surface area (Å²) in [4.78, 5) is 28.1. The zero-order valence-corrected chi connectivity index (χ0v) is 17.6. The number of hydrogen-bond donors (Lipinski definition) is 2. The molecule has 1 aliphatic rings. The molecule has 0 aliphatic carbocycles. The fourth-order valence-electron chi connectivity index (χ4n) is 2.86. The van der Waals surface area contributed by atoms with Crippen molar-refractivity contribution in [2.45, 2.75) is 0 Å². The highest BCUT2D eigenvalue weighted by Gasteiger charge is 2.10. The summed E-state index contributed by atoms with van der Waals surface area (Å²) in [5, 5.41) is 6.11. The molecule has 2 aromatic rings. The van der Waals surface area contributed by atoms with Crippen molar-refractivity contribution in [3.63, 3.8) is 0 Å². The fourth-order valence-corrected chi connectivity index (χ4v) is 3.96. The topological polar surface area (TPSA) is 70.7 Å². The van der Waals surface area contributed by atoms with Gasteiger partial charge in [-0.25, -0.2) is 0 Å². The van der Waals surface area contributed by atoms with Crippen LogP contribution in [0.4, 0.5) is 0 Å². The van der Waals surface area contributed by atoms with Gasteiger partial charge in [-0.05, 0) is 35.9 Å². The van der Waals surface area contributed by atoms with Crippen molar-refractivity contribution in [1.82, 2.24) is 15.5 Å². The Morgan fingerprint density at radius 1 is 1.17 bits per heavy atom. The third kappa shape index (κ3) is 7.29. The van der Waals surface area contributed by atoms with E-state index in [9.17, 15) is 9.59 Å². The summed E-state index contributed by atoms with van der Waals surface area (Å²) < 4.78 is 5.29. The Morgan fingerprint density at radius 3 is 2.79 bits per heavy atom. The van der Waals surface area contributed by atoms with E-state index in [0.717, 1.165) is 48.2 Å². The van der Waals surface area contributed by atoms with Gasteiger partial charge in [0, 0.05) is 47.0 Å². The number of halogens is 1. The quantitative estimate of drug-likeness (QED) is 0.628. The molecule has 29 heavy (non-hydrogen) atoms. The molecule has 1 aliphatic heterocycles. The number of carbonyl (C=O) groups is 2. The molecule has 2 N–H and O–H groups in total. The molecule has 0 radical (unpaired) electrons. The molecule has 0 bridgehead atoms. The molecular weight excluding hydrogens is 410 g/mol. The first-order valence-electron chi connectivity index (χ1n) is 9.48. The van der Waals surface area contributed by atoms with E-state index in [1.54, 1.807) is 17.4 Å². The lowest BCUT2D eigenvalue weighted by molar-refractivity contribution is -0.124. The summed E-state index contributed by atoms with van der Waals surface area (Å²) in [7, 11) is 0. The largest absolute Gasteiger partial charge is 0.379 e. The number of morpholine rings is 1. The van der Waals surface area contributed by atoms with Gasteiger partial charge in [-0.2, -0.15) is 0 Å². The number of ether oxygens (including phenoxy) is 1. The Balaban J connectivity index is 1.37. The van der Waals surface area contributed by atoms with Crippen LogP contribution in [-0.2, 0) is 14.3 Å². The normalized spacial score (nSPS) is 14.8. The van der Waals surface area contributed by atoms with Crippen LogP contribution >= 0.6 is 22.9 Å². The van der Waals surface area contributed by atoms with Gasteiger partial charge in [-0.15, -0.1) is 11.3 Å². The van der Waals surface area contributed by atoms with Crippen molar-refractivity contribution in [2.75, 3.05) is 45.9 Å². The molecule has 1 saturated heterocycles. The molecule has 0 atom stereocenters. The lowest BCUT2D eigenvalue weighted by atomic mass is 10.2. The minimum atomic E-state index is -0.300. The Labute approximate surface area is 179 Å². The number of thiophene rings is 1. The molecule has 8 heteroatoms. The second-order valence-electron chi connectivity index (χ2n) is 6.57. The average molecular weight is 434 g/mol. The molecule has 2 amide bonds. The van der Waals surface area contributed by atoms with Crippen LogP contribution in [0.5, 0.6) is 0 Å². The lowest BCUT2D eigenvalue weighted by Crippen LogP contribution is -2.43. The van der Waals surface area contributed by atoms with Crippen LogP contribution < -0.4 is 10.6 Å². The summed E-state index contributed by atoms with van der Waals surface area (Å²) in [5.41, 5.74) is 1.04. The van der Waals surface area contributed by atoms with E-state index < -0.39 is 0 Å². The highest BCUT2D eigenvalue weighted by Crippen LogP contribution is 2.30. The SMILES string of the molecule is O=C(C=Cc1ccc(-c2cccc(Cl)c2)s1)NCC(=O)NCCN1CCOCC1. The van der Waals surface area contributed by atoms with E-state index in [4.69, 9.17) is 16.3 Å². The molecule has 0 unspecified atom stereocenters. The molecule has 0 spiro atoms. The van der Waals surface area contributed by atoms with Crippen LogP contribution in [0.25, 0.3) is 16.5 Å². The van der Waals surface area contributed by atoms with Crippen LogP contribution in [-0.4, -0.2) is 62.7 Å². The molecule has 1 aromatic heterocycles. The minimum absolute atomic E-state index is 0.0372. The van der Waals surface area contributed by atoms with Gasteiger partial charge in [0.25, 0.3) is 0 Å². The predicted octanol–water partition coefficient (Wildman–Crippen LogP) is 2.65. The number of benzene rings is 1. The molecule has 2 heterocycles. The van der Waals surface area contributed by atoms with E-state index in [-0.39, 0.29) is 18.4 Å². The molecule has 0 saturated carbocycles. The van der Waals surface area contributed by atoms with Gasteiger partial charge in [0.15, 0.2) is 0 Å². The Morgan fingerprint density at radius 2 is 2.00 bits per heavy atom. The van der Waals surface area contributed by atoms with Crippen molar-refractivity contribution >= 4 is 40.8 Å². The van der Waals surface area contributed by atoms with Gasteiger partial charge in [-0.3, -0.25) is 14.5 Å². The lowest BCUT2D eigenvalue weighted by Gasteiger charge is -2.26. The van der Waals surface area contributed by atoms with Gasteiger partial charge in [0.2, 0.25) is 11.8 Å². The van der Waals surface area contributed by atoms with Crippen molar-refractivity contribution < 1.29 is 14.3 Å². The monoisotopic (exact) mass is 433 g/mol. The van der Waals surface area contributed by atoms with E-state index in [1.807, 2.05) is 36.4 Å². The Bertz CT molecular complexity index is 862. The Kier molecular flexibility index (Phi) is 8.25. The predicted molar refractivity (Wildman–Crippen MR) is 117 cm³/mol. The van der Waals surface area contributed by atoms with Crippen LogP contribution in [0.1, 0.15) is 4.88 Å². The van der Waals surface area contributed by atoms with Crippen molar-refractivity contribution in [1.29, 1.82) is 0 Å². The van der Waals surface area contributed by atoms with Crippen LogP contribution in [0, 0.1) is 0 Å². The zero-order valence-electron chi connectivity index (χ0n) is 16.0. The molecular formula is C21H24ClN3O3S. The summed E-state index contributed by atoms with van der Waals surface area (Å²) in [6.45, 7) is 4.56. The van der Waals surface area contributed by atoms with Crippen molar-refractivity contribution in [2.24, 2.45) is 0 Å². The maximum atomic E-state index is 12.0. The van der Waals surface area contributed by atoms with Crippen LogP contribution in [0.2, 0.25) is 5.02 Å². The number of hydrogen-bond acceptors (Lipinski definition) is 5. The smallest absolute Gasteiger partial charge is 0.244 e. The maximum Gasteiger partial charge on any atom is 0.244 e. The van der Waals surface area contributed by atoms with Gasteiger partial charge in [0.1, 0.15) is 0 Å². The minimum Gasteiger partial charge on any atom is -0.379 e. The maximum absolute atomic E-state index is 12.0. The summed E-state index contributed by atoms with van der Waals surface area (Å²) in [6.07, 6.45) is 3.18. The third-order valence-electron chi connectivity index (χ3n) is 4.41. The fraction of sp³-hybridized carbons (Fsp3) is 0.333.